The molecule has 2 aromatic rings. The number of carbonyl (C=O) groups excluding carboxylic acids is 1. The van der Waals surface area contributed by atoms with Crippen LogP contribution in [-0.4, -0.2) is 45.2 Å². The number of rotatable bonds is 5. The van der Waals surface area contributed by atoms with Crippen molar-refractivity contribution in [2.24, 2.45) is 0 Å². The molecule has 0 aliphatic rings. The number of benzene rings is 1. The van der Waals surface area contributed by atoms with Crippen LogP contribution in [0.1, 0.15) is 29.3 Å². The summed E-state index contributed by atoms with van der Waals surface area (Å²) in [5.41, 5.74) is 2.05. The molecule has 0 saturated heterocycles. The summed E-state index contributed by atoms with van der Waals surface area (Å²) in [6.45, 7) is 3.92. The lowest BCUT2D eigenvalue weighted by Crippen LogP contribution is -2.36. The summed E-state index contributed by atoms with van der Waals surface area (Å²) in [4.78, 5) is 24.8. The van der Waals surface area contributed by atoms with Crippen LogP contribution in [0.5, 0.6) is 0 Å². The van der Waals surface area contributed by atoms with Crippen LogP contribution in [0, 0.1) is 6.92 Å². The standard InChI is InChI=1S/C14H17N3O3/c1-3-4-17(8-12(18)19)14(20)11-6-9(2)5-10-7-15-16-13(10)11/h5-7H,3-4,8H2,1-2H3,(H,15,16)(H,18,19). The highest BCUT2D eigenvalue weighted by Crippen LogP contribution is 2.20. The molecule has 0 spiro atoms. The van der Waals surface area contributed by atoms with Crippen molar-refractivity contribution < 1.29 is 14.7 Å². The van der Waals surface area contributed by atoms with Crippen molar-refractivity contribution in [1.29, 1.82) is 0 Å². The van der Waals surface area contributed by atoms with Crippen molar-refractivity contribution in [1.82, 2.24) is 15.1 Å². The van der Waals surface area contributed by atoms with Gasteiger partial charge in [0.1, 0.15) is 6.54 Å². The zero-order valence-corrected chi connectivity index (χ0v) is 11.5. The van der Waals surface area contributed by atoms with Gasteiger partial charge in [0.05, 0.1) is 17.3 Å². The molecule has 0 saturated carbocycles. The number of aromatic nitrogens is 2. The normalized spacial score (nSPS) is 10.7. The first-order valence-electron chi connectivity index (χ1n) is 6.47. The fraction of sp³-hybridized carbons (Fsp3) is 0.357. The number of aliphatic carboxylic acids is 1. The fourth-order valence-electron chi connectivity index (χ4n) is 2.23. The monoisotopic (exact) mass is 275 g/mol. The van der Waals surface area contributed by atoms with Gasteiger partial charge < -0.3 is 10.0 Å². The lowest BCUT2D eigenvalue weighted by Gasteiger charge is -2.20. The Bertz CT molecular complexity index is 648. The van der Waals surface area contributed by atoms with E-state index in [1.165, 1.54) is 4.90 Å². The molecule has 1 amide bonds. The lowest BCUT2D eigenvalue weighted by molar-refractivity contribution is -0.137. The van der Waals surface area contributed by atoms with E-state index >= 15 is 0 Å². The number of nitrogens with zero attached hydrogens (tertiary/aromatic N) is 2. The van der Waals surface area contributed by atoms with Gasteiger partial charge in [0.15, 0.2) is 0 Å². The van der Waals surface area contributed by atoms with Crippen LogP contribution in [-0.2, 0) is 4.79 Å². The predicted molar refractivity (Wildman–Crippen MR) is 74.7 cm³/mol. The number of aromatic amines is 1. The van der Waals surface area contributed by atoms with Gasteiger partial charge in [-0.1, -0.05) is 6.92 Å². The van der Waals surface area contributed by atoms with Crippen molar-refractivity contribution >= 4 is 22.8 Å². The summed E-state index contributed by atoms with van der Waals surface area (Å²) in [5.74, 6) is -1.30. The number of carbonyl (C=O) groups is 2. The molecule has 20 heavy (non-hydrogen) atoms. The number of carboxylic acid groups (broad SMARTS) is 1. The van der Waals surface area contributed by atoms with Gasteiger partial charge >= 0.3 is 5.97 Å². The van der Waals surface area contributed by atoms with Gasteiger partial charge in [0.25, 0.3) is 5.91 Å². The quantitative estimate of drug-likeness (QED) is 0.871. The average molecular weight is 275 g/mol. The van der Waals surface area contributed by atoms with Crippen molar-refractivity contribution in [3.8, 4) is 0 Å². The van der Waals surface area contributed by atoms with Crippen LogP contribution in [0.4, 0.5) is 0 Å². The van der Waals surface area contributed by atoms with Crippen molar-refractivity contribution in [2.75, 3.05) is 13.1 Å². The molecule has 0 atom stereocenters. The highest BCUT2D eigenvalue weighted by Gasteiger charge is 2.20. The third kappa shape index (κ3) is 2.79. The summed E-state index contributed by atoms with van der Waals surface area (Å²) >= 11 is 0. The SMILES string of the molecule is CCCN(CC(=O)O)C(=O)c1cc(C)cc2cn[nH]c12. The minimum absolute atomic E-state index is 0.285. The summed E-state index contributed by atoms with van der Waals surface area (Å²) in [6, 6.07) is 3.68. The van der Waals surface area contributed by atoms with Gasteiger partial charge in [-0.15, -0.1) is 0 Å². The molecule has 1 aromatic carbocycles. The fourth-order valence-corrected chi connectivity index (χ4v) is 2.23. The average Bonchev–Trinajstić information content (AvgIpc) is 2.83. The first-order chi connectivity index (χ1) is 9.52. The van der Waals surface area contributed by atoms with Crippen LogP contribution < -0.4 is 0 Å². The number of aryl methyl sites for hydroxylation is 1. The Hall–Kier alpha value is -2.37. The van der Waals surface area contributed by atoms with Crippen molar-refractivity contribution in [3.63, 3.8) is 0 Å². The number of nitrogens with one attached hydrogen (secondary N) is 1. The van der Waals surface area contributed by atoms with E-state index in [1.807, 2.05) is 19.9 Å². The number of fused-ring (bicyclic) bond motifs is 1. The Morgan fingerprint density at radius 3 is 2.80 bits per heavy atom. The molecule has 2 N–H and O–H groups in total. The molecular weight excluding hydrogens is 258 g/mol. The second kappa shape index (κ2) is 5.73. The molecule has 106 valence electrons. The minimum Gasteiger partial charge on any atom is -0.480 e. The van der Waals surface area contributed by atoms with Crippen LogP contribution >= 0.6 is 0 Å². The maximum atomic E-state index is 12.5. The van der Waals surface area contributed by atoms with Crippen molar-refractivity contribution in [3.05, 3.63) is 29.5 Å². The molecule has 0 radical (unpaired) electrons. The number of hydrogen-bond acceptors (Lipinski definition) is 3. The summed E-state index contributed by atoms with van der Waals surface area (Å²) in [7, 11) is 0. The maximum absolute atomic E-state index is 12.5. The molecule has 0 aliphatic carbocycles. The molecule has 1 heterocycles. The van der Waals surface area contributed by atoms with Crippen LogP contribution in [0.25, 0.3) is 10.9 Å². The molecule has 0 fully saturated rings. The maximum Gasteiger partial charge on any atom is 0.323 e. The topological polar surface area (TPSA) is 86.3 Å². The third-order valence-corrected chi connectivity index (χ3v) is 3.03. The summed E-state index contributed by atoms with van der Waals surface area (Å²) < 4.78 is 0. The Kier molecular flexibility index (Phi) is 4.02. The van der Waals surface area contributed by atoms with E-state index in [9.17, 15) is 9.59 Å². The van der Waals surface area contributed by atoms with Crippen molar-refractivity contribution in [2.45, 2.75) is 20.3 Å². The van der Waals surface area contributed by atoms with Gasteiger partial charge in [-0.2, -0.15) is 5.10 Å². The first-order valence-corrected chi connectivity index (χ1v) is 6.47. The highest BCUT2D eigenvalue weighted by atomic mass is 16.4. The van der Waals surface area contributed by atoms with E-state index in [-0.39, 0.29) is 12.5 Å². The molecule has 0 aliphatic heterocycles. The molecular formula is C14H17N3O3. The number of amides is 1. The predicted octanol–water partition coefficient (Wildman–Crippen LogP) is 1.81. The van der Waals surface area contributed by atoms with Crippen LogP contribution in [0.2, 0.25) is 0 Å². The summed E-state index contributed by atoms with van der Waals surface area (Å²) in [6.07, 6.45) is 2.36. The van der Waals surface area contributed by atoms with Gasteiger partial charge in [-0.3, -0.25) is 14.7 Å². The van der Waals surface area contributed by atoms with Gasteiger partial charge in [0, 0.05) is 11.9 Å². The Morgan fingerprint density at radius 1 is 1.40 bits per heavy atom. The molecule has 0 unspecified atom stereocenters. The summed E-state index contributed by atoms with van der Waals surface area (Å²) in [5, 5.41) is 16.5. The largest absolute Gasteiger partial charge is 0.480 e. The third-order valence-electron chi connectivity index (χ3n) is 3.03. The smallest absolute Gasteiger partial charge is 0.323 e. The second-order valence-corrected chi connectivity index (χ2v) is 4.77. The molecule has 1 aromatic heterocycles. The number of H-pyrrole nitrogens is 1. The van der Waals surface area contributed by atoms with Crippen LogP contribution in [0.3, 0.4) is 0 Å². The van der Waals surface area contributed by atoms with Crippen LogP contribution in [0.15, 0.2) is 18.3 Å². The zero-order chi connectivity index (χ0) is 14.7. The Balaban J connectivity index is 2.42. The molecule has 6 heteroatoms. The van der Waals surface area contributed by atoms with E-state index in [4.69, 9.17) is 5.11 Å². The van der Waals surface area contributed by atoms with Gasteiger partial charge in [-0.05, 0) is 31.0 Å². The van der Waals surface area contributed by atoms with E-state index in [0.29, 0.717) is 24.0 Å². The Labute approximate surface area is 116 Å². The number of carboxylic acids is 1. The molecule has 6 nitrogen and oxygen atoms in total. The number of hydrogen-bond donors (Lipinski definition) is 2. The van der Waals surface area contributed by atoms with E-state index in [0.717, 1.165) is 10.9 Å². The van der Waals surface area contributed by atoms with Gasteiger partial charge in [0.2, 0.25) is 0 Å². The molecule has 2 rings (SSSR count). The molecule has 0 bridgehead atoms. The second-order valence-electron chi connectivity index (χ2n) is 4.77. The van der Waals surface area contributed by atoms with E-state index in [1.54, 1.807) is 12.3 Å². The van der Waals surface area contributed by atoms with Gasteiger partial charge in [-0.25, -0.2) is 0 Å². The van der Waals surface area contributed by atoms with E-state index < -0.39 is 5.97 Å². The van der Waals surface area contributed by atoms with E-state index in [2.05, 4.69) is 10.2 Å². The highest BCUT2D eigenvalue weighted by molar-refractivity contribution is 6.06. The Morgan fingerprint density at radius 2 is 2.15 bits per heavy atom. The lowest BCUT2D eigenvalue weighted by atomic mass is 10.1. The minimum atomic E-state index is -1.01. The zero-order valence-electron chi connectivity index (χ0n) is 11.5. The first kappa shape index (κ1) is 14.0.